The topological polar surface area (TPSA) is 31.2 Å². The Bertz CT molecular complexity index is 533. The Kier molecular flexibility index (Phi) is 3.82. The number of aromatic nitrogens is 1. The number of benzene rings is 1. The molecule has 0 saturated carbocycles. The van der Waals surface area contributed by atoms with Crippen molar-refractivity contribution in [3.05, 3.63) is 35.0 Å². The van der Waals surface area contributed by atoms with Crippen LogP contribution in [-0.2, 0) is 11.3 Å². The second kappa shape index (κ2) is 5.34. The van der Waals surface area contributed by atoms with E-state index in [9.17, 15) is 4.79 Å². The normalized spacial score (nSPS) is 10.9. The summed E-state index contributed by atoms with van der Waals surface area (Å²) in [6, 6.07) is 5.54. The van der Waals surface area contributed by atoms with Gasteiger partial charge in [0.25, 0.3) is 0 Å². The van der Waals surface area contributed by atoms with Gasteiger partial charge in [0.15, 0.2) is 6.29 Å². The van der Waals surface area contributed by atoms with Crippen LogP contribution in [0.5, 0.6) is 0 Å². The molecule has 1 aromatic carbocycles. The Balaban J connectivity index is 2.40. The van der Waals surface area contributed by atoms with Crippen molar-refractivity contribution >= 4 is 28.8 Å². The molecule has 0 N–H and O–H groups in total. The number of nitrogens with zero attached hydrogens (tertiary/aromatic N) is 1. The summed E-state index contributed by atoms with van der Waals surface area (Å²) in [6.45, 7) is 4.01. The first-order valence-electron chi connectivity index (χ1n) is 5.57. The van der Waals surface area contributed by atoms with Gasteiger partial charge in [0, 0.05) is 35.3 Å². The van der Waals surface area contributed by atoms with Gasteiger partial charge >= 0.3 is 0 Å². The molecular formula is C13H14ClNO2. The second-order valence-corrected chi connectivity index (χ2v) is 4.19. The van der Waals surface area contributed by atoms with E-state index >= 15 is 0 Å². The molecule has 0 unspecified atom stereocenters. The fraction of sp³-hybridized carbons (Fsp3) is 0.308. The van der Waals surface area contributed by atoms with E-state index in [-0.39, 0.29) is 0 Å². The first kappa shape index (κ1) is 12.1. The number of hydrogen-bond donors (Lipinski definition) is 0. The molecule has 0 bridgehead atoms. The van der Waals surface area contributed by atoms with Gasteiger partial charge in [-0.2, -0.15) is 0 Å². The van der Waals surface area contributed by atoms with Crippen LogP contribution in [0, 0.1) is 0 Å². The molecule has 0 aliphatic carbocycles. The van der Waals surface area contributed by atoms with E-state index in [1.54, 1.807) is 6.07 Å². The van der Waals surface area contributed by atoms with Crippen LogP contribution in [0.3, 0.4) is 0 Å². The van der Waals surface area contributed by atoms with Crippen LogP contribution in [0.25, 0.3) is 10.9 Å². The van der Waals surface area contributed by atoms with Gasteiger partial charge in [-0.25, -0.2) is 0 Å². The maximum atomic E-state index is 11.0. The minimum Gasteiger partial charge on any atom is -0.380 e. The van der Waals surface area contributed by atoms with Gasteiger partial charge in [0.05, 0.1) is 12.1 Å². The maximum absolute atomic E-state index is 11.0. The SMILES string of the molecule is CCOCCn1cc(C=O)c2ccc(Cl)cc21. The van der Waals surface area contributed by atoms with E-state index in [2.05, 4.69) is 0 Å². The van der Waals surface area contributed by atoms with E-state index in [0.717, 1.165) is 23.7 Å². The lowest BCUT2D eigenvalue weighted by Gasteiger charge is -2.05. The van der Waals surface area contributed by atoms with Crippen LogP contribution in [0.4, 0.5) is 0 Å². The number of carbonyl (C=O) groups excluding carboxylic acids is 1. The number of halogens is 1. The van der Waals surface area contributed by atoms with Gasteiger partial charge < -0.3 is 9.30 Å². The molecule has 90 valence electrons. The number of carbonyl (C=O) groups is 1. The van der Waals surface area contributed by atoms with Crippen molar-refractivity contribution in [2.75, 3.05) is 13.2 Å². The van der Waals surface area contributed by atoms with Gasteiger partial charge in [0.1, 0.15) is 0 Å². The minimum atomic E-state index is 0.630. The van der Waals surface area contributed by atoms with E-state index in [4.69, 9.17) is 16.3 Å². The molecule has 0 aliphatic rings. The zero-order chi connectivity index (χ0) is 12.3. The third-order valence-corrected chi connectivity index (χ3v) is 2.92. The highest BCUT2D eigenvalue weighted by molar-refractivity contribution is 6.31. The fourth-order valence-electron chi connectivity index (χ4n) is 1.88. The lowest BCUT2D eigenvalue weighted by Crippen LogP contribution is -2.04. The van der Waals surface area contributed by atoms with E-state index in [1.807, 2.05) is 29.8 Å². The average Bonchev–Trinajstić information content (AvgIpc) is 2.67. The standard InChI is InChI=1S/C13H14ClNO2/c1-2-17-6-5-15-8-10(9-16)12-4-3-11(14)7-13(12)15/h3-4,7-9H,2,5-6H2,1H3. The van der Waals surface area contributed by atoms with Gasteiger partial charge in [-0.15, -0.1) is 0 Å². The van der Waals surface area contributed by atoms with Crippen molar-refractivity contribution in [3.8, 4) is 0 Å². The van der Waals surface area contributed by atoms with Crippen LogP contribution in [0.2, 0.25) is 5.02 Å². The molecule has 0 atom stereocenters. The zero-order valence-corrected chi connectivity index (χ0v) is 10.4. The van der Waals surface area contributed by atoms with Gasteiger partial charge in [-0.3, -0.25) is 4.79 Å². The highest BCUT2D eigenvalue weighted by Crippen LogP contribution is 2.23. The van der Waals surface area contributed by atoms with Crippen molar-refractivity contribution in [2.45, 2.75) is 13.5 Å². The Labute approximate surface area is 105 Å². The molecule has 0 saturated heterocycles. The highest BCUT2D eigenvalue weighted by atomic mass is 35.5. The lowest BCUT2D eigenvalue weighted by atomic mass is 10.2. The Morgan fingerprint density at radius 2 is 2.29 bits per heavy atom. The Morgan fingerprint density at radius 1 is 1.47 bits per heavy atom. The largest absolute Gasteiger partial charge is 0.380 e. The number of rotatable bonds is 5. The quantitative estimate of drug-likeness (QED) is 0.604. The molecule has 3 nitrogen and oxygen atoms in total. The summed E-state index contributed by atoms with van der Waals surface area (Å²) in [6.07, 6.45) is 2.71. The monoisotopic (exact) mass is 251 g/mol. The van der Waals surface area contributed by atoms with Crippen molar-refractivity contribution < 1.29 is 9.53 Å². The van der Waals surface area contributed by atoms with Crippen LogP contribution < -0.4 is 0 Å². The first-order chi connectivity index (χ1) is 8.26. The second-order valence-electron chi connectivity index (χ2n) is 3.75. The third kappa shape index (κ3) is 2.51. The molecular weight excluding hydrogens is 238 g/mol. The van der Waals surface area contributed by atoms with Crippen molar-refractivity contribution in [2.24, 2.45) is 0 Å². The summed E-state index contributed by atoms with van der Waals surface area (Å²) in [4.78, 5) is 11.0. The van der Waals surface area contributed by atoms with Gasteiger partial charge in [-0.1, -0.05) is 17.7 Å². The molecule has 17 heavy (non-hydrogen) atoms. The van der Waals surface area contributed by atoms with E-state index in [1.165, 1.54) is 0 Å². The maximum Gasteiger partial charge on any atom is 0.152 e. The molecule has 0 spiro atoms. The average molecular weight is 252 g/mol. The molecule has 1 heterocycles. The summed E-state index contributed by atoms with van der Waals surface area (Å²) in [7, 11) is 0. The molecule has 0 fully saturated rings. The van der Waals surface area contributed by atoms with Gasteiger partial charge in [0.2, 0.25) is 0 Å². The Hall–Kier alpha value is -1.32. The summed E-state index contributed by atoms with van der Waals surface area (Å²) >= 11 is 5.97. The Morgan fingerprint density at radius 3 is 3.00 bits per heavy atom. The predicted octanol–water partition coefficient (Wildman–Crippen LogP) is 3.14. The molecule has 4 heteroatoms. The molecule has 2 rings (SSSR count). The van der Waals surface area contributed by atoms with Crippen molar-refractivity contribution in [1.29, 1.82) is 0 Å². The fourth-order valence-corrected chi connectivity index (χ4v) is 2.05. The summed E-state index contributed by atoms with van der Waals surface area (Å²) < 4.78 is 7.32. The lowest BCUT2D eigenvalue weighted by molar-refractivity contribution is 0.112. The van der Waals surface area contributed by atoms with E-state index in [0.29, 0.717) is 23.8 Å². The number of ether oxygens (including phenoxy) is 1. The number of hydrogen-bond acceptors (Lipinski definition) is 2. The number of aldehydes is 1. The van der Waals surface area contributed by atoms with Crippen molar-refractivity contribution in [1.82, 2.24) is 4.57 Å². The summed E-state index contributed by atoms with van der Waals surface area (Å²) in [5, 5.41) is 1.60. The van der Waals surface area contributed by atoms with Crippen LogP contribution in [0.15, 0.2) is 24.4 Å². The van der Waals surface area contributed by atoms with Crippen LogP contribution >= 0.6 is 11.6 Å². The zero-order valence-electron chi connectivity index (χ0n) is 9.65. The summed E-state index contributed by atoms with van der Waals surface area (Å²) in [5.41, 5.74) is 1.66. The van der Waals surface area contributed by atoms with E-state index < -0.39 is 0 Å². The highest BCUT2D eigenvalue weighted by Gasteiger charge is 2.08. The molecule has 0 aliphatic heterocycles. The predicted molar refractivity (Wildman–Crippen MR) is 68.8 cm³/mol. The molecule has 0 amide bonds. The number of fused-ring (bicyclic) bond motifs is 1. The third-order valence-electron chi connectivity index (χ3n) is 2.68. The smallest absolute Gasteiger partial charge is 0.152 e. The minimum absolute atomic E-state index is 0.630. The van der Waals surface area contributed by atoms with Crippen LogP contribution in [0.1, 0.15) is 17.3 Å². The molecule has 2 aromatic rings. The summed E-state index contributed by atoms with van der Waals surface area (Å²) in [5.74, 6) is 0. The first-order valence-corrected chi connectivity index (χ1v) is 5.95. The van der Waals surface area contributed by atoms with Crippen LogP contribution in [-0.4, -0.2) is 24.1 Å². The van der Waals surface area contributed by atoms with Crippen molar-refractivity contribution in [3.63, 3.8) is 0 Å². The molecule has 1 aromatic heterocycles. The molecule has 0 radical (unpaired) electrons. The van der Waals surface area contributed by atoms with Gasteiger partial charge in [-0.05, 0) is 19.1 Å².